The second-order valence-corrected chi connectivity index (χ2v) is 5.90. The average molecular weight is 308 g/mol. The summed E-state index contributed by atoms with van der Waals surface area (Å²) in [5.74, 6) is -0.122. The van der Waals surface area contributed by atoms with E-state index in [1.54, 1.807) is 12.3 Å². The number of fused-ring (bicyclic) bond motifs is 1. The Morgan fingerprint density at radius 2 is 1.91 bits per heavy atom. The minimum Gasteiger partial charge on any atom is -0.350 e. The number of aromatic amines is 1. The van der Waals surface area contributed by atoms with E-state index in [1.165, 1.54) is 11.9 Å². The van der Waals surface area contributed by atoms with Gasteiger partial charge in [-0.2, -0.15) is 0 Å². The number of carbonyl (C=O) groups excluding carboxylic acids is 1. The lowest BCUT2D eigenvalue weighted by Crippen LogP contribution is -2.28. The number of nitrogens with zero attached hydrogens (tertiary/aromatic N) is 2. The number of hydrogen-bond acceptors (Lipinski definition) is 3. The van der Waals surface area contributed by atoms with Crippen molar-refractivity contribution in [1.82, 2.24) is 20.3 Å². The molecule has 5 heteroatoms. The predicted octanol–water partition coefficient (Wildman–Crippen LogP) is 3.37. The van der Waals surface area contributed by atoms with Gasteiger partial charge >= 0.3 is 0 Å². The van der Waals surface area contributed by atoms with E-state index >= 15 is 0 Å². The highest BCUT2D eigenvalue weighted by atomic mass is 16.1. The van der Waals surface area contributed by atoms with Crippen molar-refractivity contribution in [3.63, 3.8) is 0 Å². The SMILES string of the molecule is Cc1ccc(C)c2c(C)c(C(=O)NC(C)c3ccncn3)[nH]c12. The first kappa shape index (κ1) is 15.2. The molecule has 0 aliphatic heterocycles. The van der Waals surface area contributed by atoms with Crippen LogP contribution < -0.4 is 5.32 Å². The van der Waals surface area contributed by atoms with E-state index in [0.717, 1.165) is 27.7 Å². The van der Waals surface area contributed by atoms with Gasteiger partial charge in [0.05, 0.1) is 11.7 Å². The van der Waals surface area contributed by atoms with Crippen LogP contribution in [0.25, 0.3) is 10.9 Å². The van der Waals surface area contributed by atoms with E-state index in [0.29, 0.717) is 5.69 Å². The fraction of sp³-hybridized carbons (Fsp3) is 0.278. The summed E-state index contributed by atoms with van der Waals surface area (Å²) < 4.78 is 0. The molecule has 2 aromatic heterocycles. The number of aromatic nitrogens is 3. The third-order valence-electron chi connectivity index (χ3n) is 4.25. The lowest BCUT2D eigenvalue weighted by Gasteiger charge is -2.12. The topological polar surface area (TPSA) is 70.7 Å². The highest BCUT2D eigenvalue weighted by molar-refractivity contribution is 6.02. The number of aryl methyl sites for hydroxylation is 3. The summed E-state index contributed by atoms with van der Waals surface area (Å²) in [5, 5.41) is 4.12. The van der Waals surface area contributed by atoms with E-state index in [1.807, 2.05) is 20.8 Å². The number of H-pyrrole nitrogens is 1. The van der Waals surface area contributed by atoms with Crippen LogP contribution >= 0.6 is 0 Å². The lowest BCUT2D eigenvalue weighted by atomic mass is 10.0. The molecule has 1 amide bonds. The van der Waals surface area contributed by atoms with Gasteiger partial charge in [-0.05, 0) is 50.5 Å². The molecule has 3 rings (SSSR count). The first-order valence-corrected chi connectivity index (χ1v) is 7.64. The second kappa shape index (κ2) is 5.83. The number of benzene rings is 1. The quantitative estimate of drug-likeness (QED) is 0.779. The molecule has 2 heterocycles. The van der Waals surface area contributed by atoms with Crippen LogP contribution in [0.15, 0.2) is 30.7 Å². The van der Waals surface area contributed by atoms with Gasteiger partial charge in [-0.1, -0.05) is 12.1 Å². The Labute approximate surface area is 135 Å². The van der Waals surface area contributed by atoms with Crippen LogP contribution in [0.4, 0.5) is 0 Å². The van der Waals surface area contributed by atoms with Crippen molar-refractivity contribution in [1.29, 1.82) is 0 Å². The molecule has 3 aromatic rings. The van der Waals surface area contributed by atoms with Crippen LogP contribution in [-0.4, -0.2) is 20.9 Å². The zero-order valence-electron chi connectivity index (χ0n) is 13.8. The summed E-state index contributed by atoms with van der Waals surface area (Å²) in [6.45, 7) is 8.00. The van der Waals surface area contributed by atoms with E-state index in [2.05, 4.69) is 39.3 Å². The molecular weight excluding hydrogens is 288 g/mol. The van der Waals surface area contributed by atoms with Crippen LogP contribution in [0.5, 0.6) is 0 Å². The zero-order chi connectivity index (χ0) is 16.6. The highest BCUT2D eigenvalue weighted by Crippen LogP contribution is 2.27. The molecule has 0 saturated carbocycles. The third kappa shape index (κ3) is 2.70. The van der Waals surface area contributed by atoms with Gasteiger partial charge < -0.3 is 10.3 Å². The Morgan fingerprint density at radius 1 is 1.17 bits per heavy atom. The Morgan fingerprint density at radius 3 is 2.57 bits per heavy atom. The minimum atomic E-state index is -0.182. The molecule has 1 unspecified atom stereocenters. The summed E-state index contributed by atoms with van der Waals surface area (Å²) in [6, 6.07) is 5.78. The molecule has 23 heavy (non-hydrogen) atoms. The molecule has 1 aromatic carbocycles. The van der Waals surface area contributed by atoms with Crippen molar-refractivity contribution in [3.05, 3.63) is 58.8 Å². The Balaban J connectivity index is 1.94. The summed E-state index contributed by atoms with van der Waals surface area (Å²) >= 11 is 0. The lowest BCUT2D eigenvalue weighted by molar-refractivity contribution is 0.0934. The number of nitrogens with one attached hydrogen (secondary N) is 2. The monoisotopic (exact) mass is 308 g/mol. The molecule has 118 valence electrons. The van der Waals surface area contributed by atoms with Gasteiger partial charge in [0.25, 0.3) is 5.91 Å². The summed E-state index contributed by atoms with van der Waals surface area (Å²) in [7, 11) is 0. The molecule has 0 aliphatic rings. The summed E-state index contributed by atoms with van der Waals surface area (Å²) in [6.07, 6.45) is 3.16. The Hall–Kier alpha value is -2.69. The molecule has 0 saturated heterocycles. The molecule has 0 spiro atoms. The molecule has 0 aliphatic carbocycles. The van der Waals surface area contributed by atoms with Crippen LogP contribution in [0.2, 0.25) is 0 Å². The van der Waals surface area contributed by atoms with Crippen LogP contribution in [0.1, 0.15) is 45.8 Å². The number of amides is 1. The number of carbonyl (C=O) groups is 1. The number of hydrogen-bond donors (Lipinski definition) is 2. The Bertz CT molecular complexity index is 868. The fourth-order valence-electron chi connectivity index (χ4n) is 2.93. The van der Waals surface area contributed by atoms with Crippen molar-refractivity contribution in [3.8, 4) is 0 Å². The van der Waals surface area contributed by atoms with Crippen molar-refractivity contribution < 1.29 is 4.79 Å². The maximum Gasteiger partial charge on any atom is 0.268 e. The molecule has 5 nitrogen and oxygen atoms in total. The van der Waals surface area contributed by atoms with Crippen LogP contribution in [0.3, 0.4) is 0 Å². The van der Waals surface area contributed by atoms with Crippen LogP contribution in [-0.2, 0) is 0 Å². The van der Waals surface area contributed by atoms with Crippen molar-refractivity contribution in [2.45, 2.75) is 33.7 Å². The minimum absolute atomic E-state index is 0.122. The summed E-state index contributed by atoms with van der Waals surface area (Å²) in [5.41, 5.74) is 5.71. The predicted molar refractivity (Wildman–Crippen MR) is 90.4 cm³/mol. The van der Waals surface area contributed by atoms with Gasteiger partial charge in [0.1, 0.15) is 12.0 Å². The van der Waals surface area contributed by atoms with E-state index in [9.17, 15) is 4.79 Å². The van der Waals surface area contributed by atoms with Crippen molar-refractivity contribution >= 4 is 16.8 Å². The van der Waals surface area contributed by atoms with Gasteiger partial charge in [0.2, 0.25) is 0 Å². The zero-order valence-corrected chi connectivity index (χ0v) is 13.8. The Kier molecular flexibility index (Phi) is 3.86. The smallest absolute Gasteiger partial charge is 0.268 e. The van der Waals surface area contributed by atoms with Crippen molar-refractivity contribution in [2.24, 2.45) is 0 Å². The van der Waals surface area contributed by atoms with Crippen LogP contribution in [0, 0.1) is 20.8 Å². The van der Waals surface area contributed by atoms with Gasteiger partial charge in [-0.15, -0.1) is 0 Å². The standard InChI is InChI=1S/C18H20N4O/c1-10-5-6-11(2)16-15(10)12(3)17(22-16)18(23)21-13(4)14-7-8-19-9-20-14/h5-9,13,22H,1-4H3,(H,21,23). The average Bonchev–Trinajstić information content (AvgIpc) is 2.91. The van der Waals surface area contributed by atoms with Gasteiger partial charge in [0.15, 0.2) is 0 Å². The van der Waals surface area contributed by atoms with Gasteiger partial charge in [0, 0.05) is 17.1 Å². The maximum atomic E-state index is 12.7. The second-order valence-electron chi connectivity index (χ2n) is 5.90. The molecule has 0 fully saturated rings. The number of rotatable bonds is 3. The fourth-order valence-corrected chi connectivity index (χ4v) is 2.93. The van der Waals surface area contributed by atoms with Gasteiger partial charge in [-0.3, -0.25) is 4.79 Å². The van der Waals surface area contributed by atoms with E-state index in [4.69, 9.17) is 0 Å². The largest absolute Gasteiger partial charge is 0.350 e. The molecule has 0 bridgehead atoms. The first-order chi connectivity index (χ1) is 11.0. The molecule has 2 N–H and O–H groups in total. The van der Waals surface area contributed by atoms with E-state index in [-0.39, 0.29) is 11.9 Å². The molecular formula is C18H20N4O. The summed E-state index contributed by atoms with van der Waals surface area (Å²) in [4.78, 5) is 24.0. The maximum absolute atomic E-state index is 12.7. The first-order valence-electron chi connectivity index (χ1n) is 7.64. The molecule has 0 radical (unpaired) electrons. The third-order valence-corrected chi connectivity index (χ3v) is 4.25. The van der Waals surface area contributed by atoms with Gasteiger partial charge in [-0.25, -0.2) is 9.97 Å². The van der Waals surface area contributed by atoms with Crippen molar-refractivity contribution in [2.75, 3.05) is 0 Å². The van der Waals surface area contributed by atoms with E-state index < -0.39 is 0 Å². The molecule has 1 atom stereocenters. The normalized spacial score (nSPS) is 12.3. The highest BCUT2D eigenvalue weighted by Gasteiger charge is 2.19.